The van der Waals surface area contributed by atoms with Crippen molar-refractivity contribution in [2.24, 2.45) is 13.0 Å². The quantitative estimate of drug-likeness (QED) is 0.539. The van der Waals surface area contributed by atoms with E-state index in [1.165, 1.54) is 11.1 Å². The second kappa shape index (κ2) is 7.50. The summed E-state index contributed by atoms with van der Waals surface area (Å²) in [5, 5.41) is 13.0. The molecule has 1 aliphatic rings. The Kier molecular flexibility index (Phi) is 4.78. The molecule has 5 rings (SSSR count). The van der Waals surface area contributed by atoms with Crippen LogP contribution in [0, 0.1) is 5.92 Å². The first-order chi connectivity index (χ1) is 15.0. The van der Waals surface area contributed by atoms with Crippen LogP contribution in [0.4, 0.5) is 5.69 Å². The Balaban J connectivity index is 1.48. The molecule has 0 saturated heterocycles. The number of rotatable bonds is 5. The monoisotopic (exact) mass is 416 g/mol. The molecule has 0 spiro atoms. The summed E-state index contributed by atoms with van der Waals surface area (Å²) in [7, 11) is 1.74. The van der Waals surface area contributed by atoms with Crippen LogP contribution in [0.3, 0.4) is 0 Å². The summed E-state index contributed by atoms with van der Waals surface area (Å²) in [6.07, 6.45) is 0. The van der Waals surface area contributed by atoms with E-state index in [9.17, 15) is 4.79 Å². The molecule has 1 atom stereocenters. The Bertz CT molecular complexity index is 1340. The number of benzene rings is 2. The molecule has 160 valence electrons. The number of aromatic nitrogens is 4. The number of anilines is 1. The van der Waals surface area contributed by atoms with Crippen LogP contribution in [-0.4, -0.2) is 30.1 Å². The van der Waals surface area contributed by atoms with E-state index in [1.54, 1.807) is 11.6 Å². The van der Waals surface area contributed by atoms with Gasteiger partial charge in [0.15, 0.2) is 5.82 Å². The predicted molar refractivity (Wildman–Crippen MR) is 123 cm³/mol. The van der Waals surface area contributed by atoms with Crippen molar-refractivity contribution >= 4 is 22.4 Å². The predicted octanol–water partition coefficient (Wildman–Crippen LogP) is 3.55. The molecule has 0 radical (unpaired) electrons. The summed E-state index contributed by atoms with van der Waals surface area (Å²) in [6.45, 7) is 9.34. The van der Waals surface area contributed by atoms with E-state index >= 15 is 0 Å². The minimum atomic E-state index is -0.0600. The Morgan fingerprint density at radius 1 is 1.03 bits per heavy atom. The van der Waals surface area contributed by atoms with Crippen molar-refractivity contribution in [2.75, 3.05) is 5.32 Å². The van der Waals surface area contributed by atoms with Gasteiger partial charge < -0.3 is 5.32 Å². The summed E-state index contributed by atoms with van der Waals surface area (Å²) in [5.41, 5.74) is 4.66. The van der Waals surface area contributed by atoms with Crippen molar-refractivity contribution in [3.8, 4) is 0 Å². The average Bonchev–Trinajstić information content (AvgIpc) is 3.40. The van der Waals surface area contributed by atoms with Crippen LogP contribution in [-0.2, 0) is 26.7 Å². The van der Waals surface area contributed by atoms with Gasteiger partial charge in [-0.05, 0) is 42.2 Å². The number of hydrogen-bond donors (Lipinski definition) is 1. The van der Waals surface area contributed by atoms with Crippen molar-refractivity contribution in [1.29, 1.82) is 0 Å². The van der Waals surface area contributed by atoms with Crippen LogP contribution in [0.2, 0.25) is 0 Å². The molecule has 0 fully saturated rings. The molecule has 2 aromatic carbocycles. The number of nitrogens with zero attached hydrogens (tertiary/aromatic N) is 5. The normalized spacial score (nSPS) is 15.1. The first-order valence-electron chi connectivity index (χ1n) is 10.9. The molecule has 3 heterocycles. The Morgan fingerprint density at radius 2 is 1.84 bits per heavy atom. The lowest BCUT2D eigenvalue weighted by Crippen LogP contribution is -2.32. The van der Waals surface area contributed by atoms with Crippen molar-refractivity contribution in [1.82, 2.24) is 24.1 Å². The molecule has 0 saturated carbocycles. The van der Waals surface area contributed by atoms with Gasteiger partial charge >= 0.3 is 0 Å². The summed E-state index contributed by atoms with van der Waals surface area (Å²) in [6, 6.07) is 14.6. The number of aryl methyl sites for hydroxylation is 1. The fraction of sp³-hybridized carbons (Fsp3) is 0.375. The van der Waals surface area contributed by atoms with Crippen molar-refractivity contribution in [2.45, 2.75) is 46.4 Å². The zero-order valence-corrected chi connectivity index (χ0v) is 18.5. The fourth-order valence-corrected chi connectivity index (χ4v) is 4.50. The third-order valence-corrected chi connectivity index (χ3v) is 6.68. The topological polar surface area (TPSA) is 67.5 Å². The molecule has 1 unspecified atom stereocenters. The Labute approximate surface area is 181 Å². The summed E-state index contributed by atoms with van der Waals surface area (Å²) < 4.78 is 3.53. The maximum atomic E-state index is 12.7. The average molecular weight is 417 g/mol. The van der Waals surface area contributed by atoms with Gasteiger partial charge in [0.1, 0.15) is 0 Å². The highest BCUT2D eigenvalue weighted by Gasteiger charge is 2.26. The smallest absolute Gasteiger partial charge is 0.262 e. The van der Waals surface area contributed by atoms with E-state index in [0.29, 0.717) is 29.7 Å². The standard InChI is InChI=1S/C24H28N6O/c1-15(2)16(3)29-13-17-8-7-10-20(19(17)14-29)25-12-22-26-27-24-28(4)23(31)18-9-5-6-11-21(18)30(22)24/h5-11,15-16,25H,12-14H2,1-4H3. The van der Waals surface area contributed by atoms with Crippen LogP contribution in [0.5, 0.6) is 0 Å². The lowest BCUT2D eigenvalue weighted by atomic mass is 10.1. The van der Waals surface area contributed by atoms with Crippen molar-refractivity contribution in [3.05, 3.63) is 69.8 Å². The zero-order chi connectivity index (χ0) is 21.7. The molecule has 31 heavy (non-hydrogen) atoms. The lowest BCUT2D eigenvalue weighted by molar-refractivity contribution is 0.170. The van der Waals surface area contributed by atoms with Gasteiger partial charge in [0.2, 0.25) is 5.78 Å². The van der Waals surface area contributed by atoms with Crippen LogP contribution < -0.4 is 10.9 Å². The first kappa shape index (κ1) is 19.8. The molecule has 0 bridgehead atoms. The maximum Gasteiger partial charge on any atom is 0.262 e. The highest BCUT2D eigenvalue weighted by Crippen LogP contribution is 2.32. The SMILES string of the molecule is CC(C)C(C)N1Cc2cccc(NCc3nnc4n(C)c(=O)c5ccccc5n34)c2C1. The summed E-state index contributed by atoms with van der Waals surface area (Å²) >= 11 is 0. The van der Waals surface area contributed by atoms with E-state index in [1.807, 2.05) is 28.7 Å². The zero-order valence-electron chi connectivity index (χ0n) is 18.5. The van der Waals surface area contributed by atoms with Crippen LogP contribution in [0.15, 0.2) is 47.3 Å². The first-order valence-corrected chi connectivity index (χ1v) is 10.9. The van der Waals surface area contributed by atoms with E-state index in [2.05, 4.69) is 59.4 Å². The largest absolute Gasteiger partial charge is 0.377 e. The summed E-state index contributed by atoms with van der Waals surface area (Å²) in [5.74, 6) is 1.95. The van der Waals surface area contributed by atoms with Crippen molar-refractivity contribution < 1.29 is 0 Å². The molecule has 2 aromatic heterocycles. The molecule has 7 nitrogen and oxygen atoms in total. The molecule has 4 aromatic rings. The number of fused-ring (bicyclic) bond motifs is 4. The van der Waals surface area contributed by atoms with Gasteiger partial charge in [0.05, 0.1) is 17.4 Å². The second-order valence-corrected chi connectivity index (χ2v) is 8.82. The van der Waals surface area contributed by atoms with Gasteiger partial charge in [-0.25, -0.2) is 0 Å². The van der Waals surface area contributed by atoms with Crippen molar-refractivity contribution in [3.63, 3.8) is 0 Å². The van der Waals surface area contributed by atoms with Gasteiger partial charge in [-0.1, -0.05) is 38.1 Å². The van der Waals surface area contributed by atoms with E-state index < -0.39 is 0 Å². The highest BCUT2D eigenvalue weighted by atomic mass is 16.1. The van der Waals surface area contributed by atoms with Crippen LogP contribution in [0.1, 0.15) is 37.7 Å². The summed E-state index contributed by atoms with van der Waals surface area (Å²) in [4.78, 5) is 15.2. The number of hydrogen-bond acceptors (Lipinski definition) is 5. The maximum absolute atomic E-state index is 12.7. The lowest BCUT2D eigenvalue weighted by Gasteiger charge is -2.27. The van der Waals surface area contributed by atoms with Gasteiger partial charge in [-0.2, -0.15) is 0 Å². The molecular formula is C24H28N6O. The molecule has 1 aliphatic heterocycles. The Morgan fingerprint density at radius 3 is 2.65 bits per heavy atom. The van der Waals surface area contributed by atoms with Crippen LogP contribution >= 0.6 is 0 Å². The van der Waals surface area contributed by atoms with Gasteiger partial charge in [0, 0.05) is 31.9 Å². The molecular weight excluding hydrogens is 388 g/mol. The molecule has 0 amide bonds. The molecule has 1 N–H and O–H groups in total. The third-order valence-electron chi connectivity index (χ3n) is 6.68. The minimum absolute atomic E-state index is 0.0600. The van der Waals surface area contributed by atoms with Crippen LogP contribution in [0.25, 0.3) is 16.7 Å². The number of para-hydroxylation sites is 1. The van der Waals surface area contributed by atoms with E-state index in [-0.39, 0.29) is 5.56 Å². The third kappa shape index (κ3) is 3.20. The second-order valence-electron chi connectivity index (χ2n) is 8.82. The number of nitrogens with one attached hydrogen (secondary N) is 1. The van der Waals surface area contributed by atoms with E-state index in [0.717, 1.165) is 30.1 Å². The van der Waals surface area contributed by atoms with Gasteiger partial charge in [-0.15, -0.1) is 10.2 Å². The molecule has 0 aliphatic carbocycles. The van der Waals surface area contributed by atoms with Gasteiger partial charge in [0.25, 0.3) is 5.56 Å². The Hall–Kier alpha value is -3.19. The molecule has 7 heteroatoms. The van der Waals surface area contributed by atoms with Gasteiger partial charge in [-0.3, -0.25) is 18.7 Å². The highest BCUT2D eigenvalue weighted by molar-refractivity contribution is 5.80. The minimum Gasteiger partial charge on any atom is -0.377 e. The van der Waals surface area contributed by atoms with E-state index in [4.69, 9.17) is 0 Å². The fourth-order valence-electron chi connectivity index (χ4n) is 4.50.